The van der Waals surface area contributed by atoms with Crippen LogP contribution in [-0.2, 0) is 4.79 Å². The fourth-order valence-electron chi connectivity index (χ4n) is 2.28. The summed E-state index contributed by atoms with van der Waals surface area (Å²) in [7, 11) is 0. The first-order valence-corrected chi connectivity index (χ1v) is 5.35. The first kappa shape index (κ1) is 11.5. The molecule has 1 saturated heterocycles. The Balaban J connectivity index is 2.61. The summed E-state index contributed by atoms with van der Waals surface area (Å²) < 4.78 is 0.500. The Morgan fingerprint density at radius 1 is 1.43 bits per heavy atom. The summed E-state index contributed by atoms with van der Waals surface area (Å²) in [5.74, 6) is -0.0347. The molecule has 1 aliphatic rings. The molecule has 0 aromatic heterocycles. The normalized spacial score (nSPS) is 22.8. The quantitative estimate of drug-likeness (QED) is 0.641. The van der Waals surface area contributed by atoms with Crippen LogP contribution < -0.4 is 10.5 Å². The van der Waals surface area contributed by atoms with Gasteiger partial charge in [0.25, 0.3) is 5.91 Å². The molecule has 14 heavy (non-hydrogen) atoms. The summed E-state index contributed by atoms with van der Waals surface area (Å²) in [5.41, 5.74) is 2.93. The Morgan fingerprint density at radius 3 is 2.43 bits per heavy atom. The number of quaternary nitrogens is 1. The van der Waals surface area contributed by atoms with Crippen molar-refractivity contribution in [3.8, 4) is 0 Å². The van der Waals surface area contributed by atoms with Crippen molar-refractivity contribution in [3.05, 3.63) is 0 Å². The van der Waals surface area contributed by atoms with Crippen LogP contribution in [0.2, 0.25) is 0 Å². The molecule has 0 bridgehead atoms. The van der Waals surface area contributed by atoms with Crippen molar-refractivity contribution in [2.24, 2.45) is 0 Å². The van der Waals surface area contributed by atoms with Crippen molar-refractivity contribution < 1.29 is 14.5 Å². The van der Waals surface area contributed by atoms with Gasteiger partial charge >= 0.3 is 0 Å². The van der Waals surface area contributed by atoms with Gasteiger partial charge in [-0.25, -0.2) is 10.0 Å². The van der Waals surface area contributed by atoms with Crippen LogP contribution in [0.3, 0.4) is 0 Å². The van der Waals surface area contributed by atoms with Crippen LogP contribution >= 0.6 is 0 Å². The minimum Gasteiger partial charge on any atom is -0.848 e. The molecule has 82 valence electrons. The van der Waals surface area contributed by atoms with Gasteiger partial charge in [-0.3, -0.25) is 4.79 Å². The lowest BCUT2D eigenvalue weighted by atomic mass is 10.1. The third kappa shape index (κ3) is 3.27. The van der Waals surface area contributed by atoms with Crippen molar-refractivity contribution in [2.75, 3.05) is 19.6 Å². The number of carbonyl (C=O) groups excluding carboxylic acids is 1. The van der Waals surface area contributed by atoms with Gasteiger partial charge in [0, 0.05) is 6.92 Å². The molecular formula is C10H20N2O2. The molecule has 0 aromatic carbocycles. The number of piperidine rings is 1. The fourth-order valence-corrected chi connectivity index (χ4v) is 2.28. The molecule has 1 rings (SSSR count). The molecule has 0 aromatic rings. The van der Waals surface area contributed by atoms with Gasteiger partial charge in [-0.1, -0.05) is 13.0 Å². The zero-order valence-corrected chi connectivity index (χ0v) is 9.08. The lowest BCUT2D eigenvalue weighted by Gasteiger charge is -2.42. The Kier molecular flexibility index (Phi) is 3.89. The molecular weight excluding hydrogens is 180 g/mol. The van der Waals surface area contributed by atoms with Crippen LogP contribution in [0.4, 0.5) is 0 Å². The molecule has 0 saturated carbocycles. The lowest BCUT2D eigenvalue weighted by molar-refractivity contribution is -0.971. The molecule has 1 amide bonds. The predicted molar refractivity (Wildman–Crippen MR) is 52.0 cm³/mol. The number of nitrogens with one attached hydrogen (secondary N) is 1. The maximum Gasteiger partial charge on any atom is 0.261 e. The van der Waals surface area contributed by atoms with Crippen LogP contribution in [0, 0.1) is 0 Å². The fraction of sp³-hybridized carbons (Fsp3) is 0.900. The standard InChI is InChI=1S/C10H20N2O2/c1-9(13)8-12(11-10(2)14)6-4-3-5-7-12/h9H,3-8H2,1-2H3,(H,11,14). The summed E-state index contributed by atoms with van der Waals surface area (Å²) in [6.45, 7) is 5.51. The third-order valence-electron chi connectivity index (χ3n) is 2.67. The first-order chi connectivity index (χ1) is 6.54. The highest BCUT2D eigenvalue weighted by atomic mass is 16.3. The first-order valence-electron chi connectivity index (χ1n) is 5.35. The summed E-state index contributed by atoms with van der Waals surface area (Å²) in [5, 5.41) is 11.2. The maximum absolute atomic E-state index is 11.2. The van der Waals surface area contributed by atoms with Crippen LogP contribution in [0.5, 0.6) is 0 Å². The summed E-state index contributed by atoms with van der Waals surface area (Å²) in [6.07, 6.45) is 2.81. The van der Waals surface area contributed by atoms with E-state index in [2.05, 4.69) is 5.43 Å². The molecule has 1 fully saturated rings. The third-order valence-corrected chi connectivity index (χ3v) is 2.67. The van der Waals surface area contributed by atoms with Crippen molar-refractivity contribution in [3.63, 3.8) is 0 Å². The molecule has 0 aliphatic carbocycles. The average molecular weight is 200 g/mol. The van der Waals surface area contributed by atoms with E-state index in [1.807, 2.05) is 0 Å². The summed E-state index contributed by atoms with van der Waals surface area (Å²) in [4.78, 5) is 11.1. The highest BCUT2D eigenvalue weighted by molar-refractivity contribution is 5.71. The summed E-state index contributed by atoms with van der Waals surface area (Å²) in [6, 6.07) is 0. The van der Waals surface area contributed by atoms with E-state index >= 15 is 0 Å². The van der Waals surface area contributed by atoms with Gasteiger partial charge in [-0.15, -0.1) is 0 Å². The maximum atomic E-state index is 11.2. The second-order valence-electron chi connectivity index (χ2n) is 4.31. The van der Waals surface area contributed by atoms with E-state index in [-0.39, 0.29) is 5.91 Å². The van der Waals surface area contributed by atoms with E-state index in [0.717, 1.165) is 25.9 Å². The monoisotopic (exact) mass is 200 g/mol. The van der Waals surface area contributed by atoms with E-state index in [0.29, 0.717) is 11.1 Å². The Morgan fingerprint density at radius 2 is 2.00 bits per heavy atom. The highest BCUT2D eigenvalue weighted by Crippen LogP contribution is 2.16. The van der Waals surface area contributed by atoms with Gasteiger partial charge in [0.2, 0.25) is 0 Å². The molecule has 1 atom stereocenters. The van der Waals surface area contributed by atoms with Gasteiger partial charge in [0.1, 0.15) is 13.1 Å². The molecule has 4 heteroatoms. The van der Waals surface area contributed by atoms with Gasteiger partial charge < -0.3 is 5.11 Å². The molecule has 1 N–H and O–H groups in total. The van der Waals surface area contributed by atoms with Crippen molar-refractivity contribution in [1.82, 2.24) is 5.43 Å². The van der Waals surface area contributed by atoms with Crippen LogP contribution in [0.1, 0.15) is 33.1 Å². The van der Waals surface area contributed by atoms with Crippen molar-refractivity contribution in [2.45, 2.75) is 39.2 Å². The predicted octanol–water partition coefficient (Wildman–Crippen LogP) is -0.213. The second kappa shape index (κ2) is 4.75. The number of likely N-dealkylation sites (tertiary alicyclic amines) is 1. The Hall–Kier alpha value is -0.610. The van der Waals surface area contributed by atoms with Crippen LogP contribution in [-0.4, -0.2) is 36.2 Å². The van der Waals surface area contributed by atoms with E-state index in [4.69, 9.17) is 0 Å². The lowest BCUT2D eigenvalue weighted by Crippen LogP contribution is -2.65. The smallest absolute Gasteiger partial charge is 0.261 e. The summed E-state index contributed by atoms with van der Waals surface area (Å²) >= 11 is 0. The molecule has 1 unspecified atom stereocenters. The van der Waals surface area contributed by atoms with Gasteiger partial charge in [0.05, 0.1) is 6.54 Å². The zero-order valence-electron chi connectivity index (χ0n) is 9.08. The number of hydrogen-bond acceptors (Lipinski definition) is 2. The largest absolute Gasteiger partial charge is 0.848 e. The topological polar surface area (TPSA) is 52.2 Å². The number of carbonyl (C=O) groups is 1. The van der Waals surface area contributed by atoms with E-state index in [9.17, 15) is 9.90 Å². The van der Waals surface area contributed by atoms with Crippen molar-refractivity contribution in [1.29, 1.82) is 0 Å². The minimum atomic E-state index is -0.611. The number of nitrogens with zero attached hydrogens (tertiary/aromatic N) is 1. The molecule has 0 radical (unpaired) electrons. The number of amides is 1. The highest BCUT2D eigenvalue weighted by Gasteiger charge is 2.30. The second-order valence-corrected chi connectivity index (χ2v) is 4.31. The molecule has 4 nitrogen and oxygen atoms in total. The van der Waals surface area contributed by atoms with Crippen LogP contribution in [0.15, 0.2) is 0 Å². The van der Waals surface area contributed by atoms with E-state index < -0.39 is 6.10 Å². The van der Waals surface area contributed by atoms with Crippen LogP contribution in [0.25, 0.3) is 0 Å². The molecule has 0 spiro atoms. The van der Waals surface area contributed by atoms with E-state index in [1.54, 1.807) is 6.92 Å². The Bertz CT molecular complexity index is 198. The zero-order chi connectivity index (χ0) is 10.6. The average Bonchev–Trinajstić information content (AvgIpc) is 2.01. The van der Waals surface area contributed by atoms with Gasteiger partial charge in [0.15, 0.2) is 0 Å². The SMILES string of the molecule is CC(=O)N[N+]1(CC(C)[O-])CCCCC1. The molecule has 1 heterocycles. The number of rotatable bonds is 3. The van der Waals surface area contributed by atoms with Gasteiger partial charge in [-0.05, 0) is 19.3 Å². The van der Waals surface area contributed by atoms with Crippen molar-refractivity contribution >= 4 is 5.91 Å². The Labute approximate surface area is 85.5 Å². The molecule has 1 aliphatic heterocycles. The van der Waals surface area contributed by atoms with Gasteiger partial charge in [-0.2, -0.15) is 0 Å². The minimum absolute atomic E-state index is 0.0347. The van der Waals surface area contributed by atoms with E-state index in [1.165, 1.54) is 13.3 Å². The number of hydrogen-bond donors (Lipinski definition) is 1.